The molecule has 9 aromatic rings. The molecule has 0 bridgehead atoms. The molecule has 7 heteroatoms. The van der Waals surface area contributed by atoms with Crippen molar-refractivity contribution >= 4 is 46.2 Å². The van der Waals surface area contributed by atoms with Crippen molar-refractivity contribution in [2.24, 2.45) is 5.92 Å². The fourth-order valence-corrected chi connectivity index (χ4v) is 9.99. The van der Waals surface area contributed by atoms with E-state index in [1.807, 2.05) is 42.5 Å². The Morgan fingerprint density at radius 1 is 0.710 bits per heavy atom. The van der Waals surface area contributed by atoms with Crippen LogP contribution in [0.1, 0.15) is 70.1 Å². The predicted molar refractivity (Wildman–Crippen MR) is 256 cm³/mol. The number of rotatable bonds is 9. The minimum absolute atomic E-state index is 0. The molecule has 317 valence electrons. The van der Waals surface area contributed by atoms with Crippen LogP contribution in [-0.4, -0.2) is 22.6 Å². The van der Waals surface area contributed by atoms with Gasteiger partial charge in [0.1, 0.15) is 11.4 Å². The van der Waals surface area contributed by atoms with Crippen LogP contribution >= 0.6 is 0 Å². The Morgan fingerprint density at radius 2 is 1.40 bits per heavy atom. The zero-order valence-corrected chi connectivity index (χ0v) is 40.5. The summed E-state index contributed by atoms with van der Waals surface area (Å²) in [5.74, 6) is 1.62. The van der Waals surface area contributed by atoms with Gasteiger partial charge >= 0.3 is 0 Å². The number of aromatic nitrogens is 3. The molecule has 0 aliphatic rings. The van der Waals surface area contributed by atoms with E-state index >= 15 is 0 Å². The first kappa shape index (κ1) is 44.6. The summed E-state index contributed by atoms with van der Waals surface area (Å²) >= 11 is 0. The van der Waals surface area contributed by atoms with Crippen LogP contribution in [0, 0.1) is 23.9 Å². The zero-order chi connectivity index (χ0) is 43.0. The van der Waals surface area contributed by atoms with Gasteiger partial charge in [-0.25, -0.2) is 4.39 Å². The minimum Gasteiger partial charge on any atom is -0.500 e. The number of benzene rings is 6. The third kappa shape index (κ3) is 9.03. The summed E-state index contributed by atoms with van der Waals surface area (Å²) in [4.78, 5) is 9.86. The third-order valence-electron chi connectivity index (χ3n) is 11.3. The van der Waals surface area contributed by atoms with Crippen LogP contribution in [-0.2, 0) is 26.5 Å². The maximum atomic E-state index is 14.1. The summed E-state index contributed by atoms with van der Waals surface area (Å²) in [5, 5.41) is 3.28. The van der Waals surface area contributed by atoms with Crippen molar-refractivity contribution in [3.63, 3.8) is 0 Å². The van der Waals surface area contributed by atoms with Crippen molar-refractivity contribution in [1.29, 1.82) is 0 Å². The molecule has 0 spiro atoms. The quantitative estimate of drug-likeness (QED) is 0.107. The molecule has 1 radical (unpaired) electrons. The Kier molecular flexibility index (Phi) is 13.3. The topological polar surface area (TPSA) is 43.9 Å². The maximum Gasteiger partial charge on any atom is 0.126 e. The summed E-state index contributed by atoms with van der Waals surface area (Å²) in [6, 6.07) is 49.1. The molecule has 62 heavy (non-hydrogen) atoms. The van der Waals surface area contributed by atoms with E-state index < -0.39 is 8.07 Å². The molecule has 3 heterocycles. The van der Waals surface area contributed by atoms with Crippen LogP contribution in [0.4, 0.5) is 4.39 Å². The summed E-state index contributed by atoms with van der Waals surface area (Å²) < 4.78 is 22.7. The largest absolute Gasteiger partial charge is 0.500 e. The number of hydrogen-bond acceptors (Lipinski definition) is 3. The van der Waals surface area contributed by atoms with Crippen molar-refractivity contribution in [2.45, 2.75) is 79.4 Å². The van der Waals surface area contributed by atoms with Gasteiger partial charge in [-0.2, -0.15) is 0 Å². The first-order valence-corrected chi connectivity index (χ1v) is 25.0. The van der Waals surface area contributed by atoms with Gasteiger partial charge in [0.05, 0.1) is 30.5 Å². The smallest absolute Gasteiger partial charge is 0.126 e. The van der Waals surface area contributed by atoms with Crippen molar-refractivity contribution in [3.8, 4) is 39.5 Å². The monoisotopic (exact) mass is 1010 g/mol. The molecule has 0 atom stereocenters. The van der Waals surface area contributed by atoms with Gasteiger partial charge in [0, 0.05) is 43.4 Å². The second-order valence-corrected chi connectivity index (χ2v) is 23.2. The van der Waals surface area contributed by atoms with E-state index in [1.54, 1.807) is 6.07 Å². The van der Waals surface area contributed by atoms with Gasteiger partial charge in [-0.15, -0.1) is 54.1 Å². The van der Waals surface area contributed by atoms with Gasteiger partial charge < -0.3 is 14.0 Å². The standard InChI is InChI=1S/C37H30FN2O.C18H24NSi.Ir/c1-22(2)30-19-25(24-11-6-5-7-12-24)20-31(23(3)4)35(30)40-33-16-9-8-15-32(33)39-37(40)29-14-10-13-28-27-18-17-26(38)21-34(27)41-36(28)29;1-14(2)11-16-12-17(15-9-7-6-8-10-15)19-13-18(16)20(3,4)5;/h5-13,15-23H,1-4H3;6-9,12-14H,11H2,1-5H3;/q2*-1;. The summed E-state index contributed by atoms with van der Waals surface area (Å²) in [6.45, 7) is 20.7. The molecule has 4 nitrogen and oxygen atoms in total. The van der Waals surface area contributed by atoms with Crippen molar-refractivity contribution in [1.82, 2.24) is 14.5 Å². The number of imidazole rings is 1. The van der Waals surface area contributed by atoms with E-state index in [0.717, 1.165) is 56.6 Å². The molecule has 9 rings (SSSR count). The third-order valence-corrected chi connectivity index (χ3v) is 13.4. The summed E-state index contributed by atoms with van der Waals surface area (Å²) in [6.07, 6.45) is 3.24. The fourth-order valence-electron chi connectivity index (χ4n) is 8.40. The van der Waals surface area contributed by atoms with Crippen LogP contribution in [0.25, 0.3) is 72.4 Å². The minimum atomic E-state index is -1.34. The Labute approximate surface area is 380 Å². The van der Waals surface area contributed by atoms with E-state index in [2.05, 4.69) is 156 Å². The SMILES string of the molecule is CC(C)Cc1cc(-c2[c-]cccc2)ncc1[Si](C)(C)C.CC(C)c1cc(-c2ccccc2)cc(C(C)C)c1-n1c(-c2[c-]ccc3c2oc2cc(F)ccc23)nc2ccccc21.[Ir]. The van der Waals surface area contributed by atoms with Crippen LogP contribution in [0.2, 0.25) is 19.6 Å². The number of pyridine rings is 1. The first-order valence-electron chi connectivity index (χ1n) is 21.5. The van der Waals surface area contributed by atoms with Gasteiger partial charge in [-0.3, -0.25) is 4.98 Å². The molecule has 0 fully saturated rings. The summed E-state index contributed by atoms with van der Waals surface area (Å²) in [5.41, 5.74) is 13.5. The molecule has 0 saturated heterocycles. The number of fused-ring (bicyclic) bond motifs is 4. The molecular formula is C55H54FIrN3OSi-2. The predicted octanol–water partition coefficient (Wildman–Crippen LogP) is 14.7. The number of halogens is 1. The van der Waals surface area contributed by atoms with Gasteiger partial charge in [0.25, 0.3) is 0 Å². The van der Waals surface area contributed by atoms with Gasteiger partial charge in [-0.05, 0) is 93.7 Å². The molecule has 0 N–H and O–H groups in total. The average molecular weight is 1010 g/mol. The van der Waals surface area contributed by atoms with Crippen molar-refractivity contribution in [2.75, 3.05) is 0 Å². The molecule has 0 unspecified atom stereocenters. The molecule has 0 aliphatic heterocycles. The van der Waals surface area contributed by atoms with Gasteiger partial charge in [0.2, 0.25) is 0 Å². The Hall–Kier alpha value is -5.46. The van der Waals surface area contributed by atoms with Crippen molar-refractivity contribution in [3.05, 3.63) is 168 Å². The van der Waals surface area contributed by atoms with Gasteiger partial charge in [0.15, 0.2) is 0 Å². The molecular weight excluding hydrogens is 958 g/mol. The van der Waals surface area contributed by atoms with Crippen LogP contribution in [0.15, 0.2) is 138 Å². The Balaban J connectivity index is 0.000000233. The fraction of sp³-hybridized carbons (Fsp3) is 0.236. The molecule has 3 aromatic heterocycles. The zero-order valence-electron chi connectivity index (χ0n) is 37.1. The van der Waals surface area contributed by atoms with E-state index in [9.17, 15) is 4.39 Å². The molecule has 0 saturated carbocycles. The van der Waals surface area contributed by atoms with Crippen molar-refractivity contribution < 1.29 is 28.9 Å². The Morgan fingerprint density at radius 3 is 2.06 bits per heavy atom. The average Bonchev–Trinajstić information content (AvgIpc) is 3.81. The second kappa shape index (κ2) is 18.5. The number of furan rings is 1. The first-order chi connectivity index (χ1) is 29.3. The van der Waals surface area contributed by atoms with E-state index in [1.165, 1.54) is 45.1 Å². The molecule has 0 aliphatic carbocycles. The second-order valence-electron chi connectivity index (χ2n) is 18.1. The van der Waals surface area contributed by atoms with Gasteiger partial charge in [-0.1, -0.05) is 126 Å². The summed E-state index contributed by atoms with van der Waals surface area (Å²) in [7, 11) is -1.34. The van der Waals surface area contributed by atoms with E-state index in [0.29, 0.717) is 17.1 Å². The molecule has 6 aromatic carbocycles. The van der Waals surface area contributed by atoms with E-state index in [-0.39, 0.29) is 37.8 Å². The number of hydrogen-bond donors (Lipinski definition) is 0. The normalized spacial score (nSPS) is 11.8. The Bertz CT molecular complexity index is 2950. The van der Waals surface area contributed by atoms with Crippen LogP contribution in [0.5, 0.6) is 0 Å². The van der Waals surface area contributed by atoms with E-state index in [4.69, 9.17) is 9.40 Å². The number of nitrogens with zero attached hydrogens (tertiary/aromatic N) is 3. The number of para-hydroxylation sites is 2. The maximum absolute atomic E-state index is 14.1. The molecule has 0 amide bonds. The van der Waals surface area contributed by atoms with Crippen LogP contribution in [0.3, 0.4) is 0 Å². The van der Waals surface area contributed by atoms with Crippen LogP contribution < -0.4 is 5.19 Å².